The third-order valence-electron chi connectivity index (χ3n) is 4.52. The molecule has 1 fully saturated rings. The van der Waals surface area contributed by atoms with Gasteiger partial charge in [-0.3, -0.25) is 13.9 Å². The van der Waals surface area contributed by atoms with E-state index in [0.717, 1.165) is 23.8 Å². The monoisotopic (exact) mass is 329 g/mol. The second-order valence-corrected chi connectivity index (χ2v) is 7.62. The molecule has 1 aliphatic rings. The molecule has 0 N–H and O–H groups in total. The van der Waals surface area contributed by atoms with Gasteiger partial charge in [-0.15, -0.1) is 0 Å². The van der Waals surface area contributed by atoms with Gasteiger partial charge in [-0.2, -0.15) is 4.31 Å². The summed E-state index contributed by atoms with van der Waals surface area (Å²) >= 11 is 0. The first-order valence-corrected chi connectivity index (χ1v) is 8.96. The van der Waals surface area contributed by atoms with E-state index >= 15 is 0 Å². The van der Waals surface area contributed by atoms with Crippen molar-refractivity contribution >= 4 is 10.0 Å². The smallest absolute Gasteiger partial charge is 0.300 e. The summed E-state index contributed by atoms with van der Waals surface area (Å²) in [4.78, 5) is 24.0. The van der Waals surface area contributed by atoms with Crippen molar-refractivity contribution in [3.05, 3.63) is 26.5 Å². The molecule has 1 aliphatic heterocycles. The Hall–Kier alpha value is -1.41. The van der Waals surface area contributed by atoms with Gasteiger partial charge in [0.05, 0.1) is 0 Å². The first-order chi connectivity index (χ1) is 10.2. The summed E-state index contributed by atoms with van der Waals surface area (Å²) in [5, 5.41) is 0. The molecular formula is C14H23N3O4S. The molecule has 0 saturated carbocycles. The summed E-state index contributed by atoms with van der Waals surface area (Å²) in [7, 11) is -1.13. The van der Waals surface area contributed by atoms with E-state index in [2.05, 4.69) is 0 Å². The molecule has 0 radical (unpaired) electrons. The minimum absolute atomic E-state index is 0.0832. The maximum Gasteiger partial charge on any atom is 0.330 e. The van der Waals surface area contributed by atoms with E-state index in [4.69, 9.17) is 0 Å². The third-order valence-corrected chi connectivity index (χ3v) is 6.60. The van der Waals surface area contributed by atoms with E-state index in [0.29, 0.717) is 13.0 Å². The maximum absolute atomic E-state index is 13.0. The number of aromatic nitrogens is 2. The lowest BCUT2D eigenvalue weighted by Gasteiger charge is -2.34. The molecule has 7 nitrogen and oxygen atoms in total. The van der Waals surface area contributed by atoms with Gasteiger partial charge >= 0.3 is 5.69 Å². The summed E-state index contributed by atoms with van der Waals surface area (Å²) in [5.41, 5.74) is -1.08. The van der Waals surface area contributed by atoms with Crippen LogP contribution in [0.25, 0.3) is 0 Å². The van der Waals surface area contributed by atoms with Gasteiger partial charge in [-0.25, -0.2) is 13.2 Å². The standard InChI is InChI=1S/C14H23N3O4S/c1-5-11-8-6-7-9-17(11)22(20,21)12-10(2)15(3)14(19)16(4)13(12)18/h11H,5-9H2,1-4H3/t11-/m0/s1. The predicted octanol–water partition coefficient (Wildman–Crippen LogP) is 0.346. The minimum atomic E-state index is -3.91. The fraction of sp³-hybridized carbons (Fsp3) is 0.714. The summed E-state index contributed by atoms with van der Waals surface area (Å²) in [6.45, 7) is 3.87. The Morgan fingerprint density at radius 3 is 2.36 bits per heavy atom. The van der Waals surface area contributed by atoms with Crippen molar-refractivity contribution < 1.29 is 8.42 Å². The molecule has 22 heavy (non-hydrogen) atoms. The molecule has 0 spiro atoms. The molecule has 1 aromatic heterocycles. The molecule has 8 heteroatoms. The lowest BCUT2D eigenvalue weighted by atomic mass is 10.0. The Labute approximate surface area is 130 Å². The molecule has 0 unspecified atom stereocenters. The summed E-state index contributed by atoms with van der Waals surface area (Å²) in [6.07, 6.45) is 3.31. The average Bonchev–Trinajstić information content (AvgIpc) is 2.50. The third kappa shape index (κ3) is 2.54. The van der Waals surface area contributed by atoms with E-state index < -0.39 is 21.3 Å². The van der Waals surface area contributed by atoms with Crippen molar-refractivity contribution in [2.75, 3.05) is 6.54 Å². The molecular weight excluding hydrogens is 306 g/mol. The van der Waals surface area contributed by atoms with Crippen LogP contribution in [0, 0.1) is 6.92 Å². The fourth-order valence-corrected chi connectivity index (χ4v) is 5.15. The lowest BCUT2D eigenvalue weighted by Crippen LogP contribution is -2.48. The molecule has 0 bridgehead atoms. The van der Waals surface area contributed by atoms with Gasteiger partial charge < -0.3 is 0 Å². The zero-order valence-electron chi connectivity index (χ0n) is 13.5. The summed E-state index contributed by atoms with van der Waals surface area (Å²) < 4.78 is 29.5. The zero-order valence-corrected chi connectivity index (χ0v) is 14.3. The van der Waals surface area contributed by atoms with Crippen LogP contribution >= 0.6 is 0 Å². The van der Waals surface area contributed by atoms with Crippen molar-refractivity contribution in [1.82, 2.24) is 13.4 Å². The highest BCUT2D eigenvalue weighted by Gasteiger charge is 2.36. The number of sulfonamides is 1. The van der Waals surface area contributed by atoms with Gasteiger partial charge in [0, 0.05) is 32.4 Å². The zero-order chi connectivity index (χ0) is 16.7. The second kappa shape index (κ2) is 6.00. The van der Waals surface area contributed by atoms with Crippen LogP contribution in [0.3, 0.4) is 0 Å². The normalized spacial score (nSPS) is 20.3. The van der Waals surface area contributed by atoms with Crippen LogP contribution < -0.4 is 11.2 Å². The summed E-state index contributed by atoms with van der Waals surface area (Å²) in [6, 6.07) is -0.0832. The molecule has 0 aromatic carbocycles. The van der Waals surface area contributed by atoms with Gasteiger partial charge in [-0.1, -0.05) is 13.3 Å². The number of nitrogens with zero attached hydrogens (tertiary/aromatic N) is 3. The number of hydrogen-bond donors (Lipinski definition) is 0. The van der Waals surface area contributed by atoms with Crippen LogP contribution in [-0.2, 0) is 24.1 Å². The molecule has 124 valence electrons. The van der Waals surface area contributed by atoms with E-state index in [1.54, 1.807) is 0 Å². The van der Waals surface area contributed by atoms with Crippen molar-refractivity contribution in [3.8, 4) is 0 Å². The van der Waals surface area contributed by atoms with Gasteiger partial charge in [0.25, 0.3) is 15.6 Å². The molecule has 1 aromatic rings. The maximum atomic E-state index is 13.0. The Morgan fingerprint density at radius 1 is 1.14 bits per heavy atom. The Bertz CT molecular complexity index is 792. The van der Waals surface area contributed by atoms with Gasteiger partial charge in [0.15, 0.2) is 4.90 Å². The van der Waals surface area contributed by atoms with E-state index in [9.17, 15) is 18.0 Å². The van der Waals surface area contributed by atoms with Crippen LogP contribution in [0.4, 0.5) is 0 Å². The topological polar surface area (TPSA) is 81.4 Å². The highest BCUT2D eigenvalue weighted by atomic mass is 32.2. The highest BCUT2D eigenvalue weighted by molar-refractivity contribution is 7.89. The van der Waals surface area contributed by atoms with Gasteiger partial charge in [-0.05, 0) is 26.2 Å². The van der Waals surface area contributed by atoms with E-state index in [1.807, 2.05) is 6.92 Å². The van der Waals surface area contributed by atoms with Gasteiger partial charge in [0.2, 0.25) is 0 Å². The van der Waals surface area contributed by atoms with Crippen LogP contribution in [0.5, 0.6) is 0 Å². The lowest BCUT2D eigenvalue weighted by molar-refractivity contribution is 0.246. The first kappa shape index (κ1) is 17.0. The number of piperidine rings is 1. The molecule has 1 atom stereocenters. The van der Waals surface area contributed by atoms with Crippen molar-refractivity contribution in [2.45, 2.75) is 50.5 Å². The van der Waals surface area contributed by atoms with Crippen molar-refractivity contribution in [2.24, 2.45) is 14.1 Å². The van der Waals surface area contributed by atoms with Crippen molar-refractivity contribution in [3.63, 3.8) is 0 Å². The molecule has 1 saturated heterocycles. The molecule has 2 heterocycles. The molecule has 0 amide bonds. The quantitative estimate of drug-likeness (QED) is 0.801. The Kier molecular flexibility index (Phi) is 4.62. The Morgan fingerprint density at radius 2 is 1.77 bits per heavy atom. The molecule has 2 rings (SSSR count). The first-order valence-electron chi connectivity index (χ1n) is 7.52. The van der Waals surface area contributed by atoms with Crippen LogP contribution in [0.2, 0.25) is 0 Å². The number of rotatable bonds is 3. The average molecular weight is 329 g/mol. The SMILES string of the molecule is CC[C@H]1CCCCN1S(=O)(=O)c1c(C)n(C)c(=O)n(C)c1=O. The van der Waals surface area contributed by atoms with Crippen LogP contribution in [0.15, 0.2) is 14.5 Å². The number of hydrogen-bond acceptors (Lipinski definition) is 4. The molecule has 0 aliphatic carbocycles. The van der Waals surface area contributed by atoms with E-state index in [1.165, 1.54) is 29.9 Å². The minimum Gasteiger partial charge on any atom is -0.300 e. The predicted molar refractivity (Wildman–Crippen MR) is 83.5 cm³/mol. The van der Waals surface area contributed by atoms with Crippen LogP contribution in [0.1, 0.15) is 38.3 Å². The van der Waals surface area contributed by atoms with Crippen molar-refractivity contribution in [1.29, 1.82) is 0 Å². The fourth-order valence-electron chi connectivity index (χ4n) is 3.03. The van der Waals surface area contributed by atoms with Crippen LogP contribution in [-0.4, -0.2) is 34.4 Å². The second-order valence-electron chi connectivity index (χ2n) is 5.79. The van der Waals surface area contributed by atoms with E-state index in [-0.39, 0.29) is 16.6 Å². The highest BCUT2D eigenvalue weighted by Crippen LogP contribution is 2.26. The summed E-state index contributed by atoms with van der Waals surface area (Å²) in [5.74, 6) is 0. The van der Waals surface area contributed by atoms with Gasteiger partial charge in [0.1, 0.15) is 0 Å². The Balaban J connectivity index is 2.70. The largest absolute Gasteiger partial charge is 0.330 e.